The Bertz CT molecular complexity index is 143. The lowest BCUT2D eigenvalue weighted by atomic mass is 10.1. The highest BCUT2D eigenvalue weighted by molar-refractivity contribution is 5.78. The molecule has 0 rings (SSSR count). The van der Waals surface area contributed by atoms with Crippen molar-refractivity contribution in [2.75, 3.05) is 6.54 Å². The normalized spacial score (nSPS) is 14.3. The summed E-state index contributed by atoms with van der Waals surface area (Å²) in [5.74, 6) is -2.89. The van der Waals surface area contributed by atoms with E-state index >= 15 is 0 Å². The van der Waals surface area contributed by atoms with Crippen molar-refractivity contribution in [1.82, 2.24) is 5.32 Å². The van der Waals surface area contributed by atoms with Crippen LogP contribution in [0.25, 0.3) is 0 Å². The molecule has 0 aliphatic rings. The number of rotatable bonds is 2. The molecule has 1 amide bonds. The Morgan fingerprint density at radius 1 is 1.55 bits per heavy atom. The van der Waals surface area contributed by atoms with Gasteiger partial charge in [0.25, 0.3) is 0 Å². The van der Waals surface area contributed by atoms with E-state index in [9.17, 15) is 18.0 Å². The highest BCUT2D eigenvalue weighted by Gasteiger charge is 2.40. The second kappa shape index (κ2) is 3.59. The van der Waals surface area contributed by atoms with Crippen LogP contribution in [0.4, 0.5) is 13.2 Å². The van der Waals surface area contributed by atoms with E-state index in [4.69, 9.17) is 0 Å². The van der Waals surface area contributed by atoms with Crippen LogP contribution in [0.1, 0.15) is 13.8 Å². The predicted molar refractivity (Wildman–Crippen MR) is 33.9 cm³/mol. The van der Waals surface area contributed by atoms with Gasteiger partial charge in [0.1, 0.15) is 5.92 Å². The molecule has 1 N–H and O–H groups in total. The Balaban J connectivity index is 4.03. The molecule has 5 heteroatoms. The topological polar surface area (TPSA) is 29.1 Å². The van der Waals surface area contributed by atoms with Gasteiger partial charge < -0.3 is 5.32 Å². The second-order valence-corrected chi connectivity index (χ2v) is 2.16. The molecule has 0 saturated heterocycles. The Morgan fingerprint density at radius 3 is 2.27 bits per heavy atom. The smallest absolute Gasteiger partial charge is 0.356 e. The molecule has 0 aliphatic carbocycles. The average molecular weight is 169 g/mol. The minimum atomic E-state index is -4.43. The van der Waals surface area contributed by atoms with Gasteiger partial charge in [0.05, 0.1) is 0 Å². The van der Waals surface area contributed by atoms with Crippen LogP contribution in [0.15, 0.2) is 0 Å². The van der Waals surface area contributed by atoms with E-state index in [2.05, 4.69) is 5.32 Å². The molecule has 0 aromatic carbocycles. The van der Waals surface area contributed by atoms with E-state index in [0.717, 1.165) is 6.92 Å². The summed E-state index contributed by atoms with van der Waals surface area (Å²) in [6.45, 7) is 2.63. The molecule has 1 unspecified atom stereocenters. The standard InChI is InChI=1S/C6H10F3NO/c1-3-10-5(11)4(2)6(7,8)9/h4H,3H2,1-2H3,(H,10,11). The molecule has 11 heavy (non-hydrogen) atoms. The number of hydrogen-bond acceptors (Lipinski definition) is 1. The highest BCUT2D eigenvalue weighted by Crippen LogP contribution is 2.25. The molecule has 0 saturated carbocycles. The van der Waals surface area contributed by atoms with Gasteiger partial charge in [-0.15, -0.1) is 0 Å². The second-order valence-electron chi connectivity index (χ2n) is 2.16. The molecule has 0 bridgehead atoms. The van der Waals surface area contributed by atoms with Crippen LogP contribution in [0.3, 0.4) is 0 Å². The summed E-state index contributed by atoms with van der Waals surface area (Å²) in [5.41, 5.74) is 0. The van der Waals surface area contributed by atoms with E-state index < -0.39 is 18.0 Å². The molecule has 66 valence electrons. The van der Waals surface area contributed by atoms with Gasteiger partial charge in [0, 0.05) is 6.54 Å². The number of hydrogen-bond donors (Lipinski definition) is 1. The number of alkyl halides is 3. The van der Waals surface area contributed by atoms with Crippen LogP contribution in [-0.2, 0) is 4.79 Å². The number of carbonyl (C=O) groups excluding carboxylic acids is 1. The summed E-state index contributed by atoms with van der Waals surface area (Å²) in [4.78, 5) is 10.6. The summed E-state index contributed by atoms with van der Waals surface area (Å²) in [6.07, 6.45) is -4.43. The minimum Gasteiger partial charge on any atom is -0.356 e. The van der Waals surface area contributed by atoms with Crippen LogP contribution in [0.2, 0.25) is 0 Å². The summed E-state index contributed by atoms with van der Waals surface area (Å²) in [6, 6.07) is 0. The third-order valence-corrected chi connectivity index (χ3v) is 1.24. The Kier molecular flexibility index (Phi) is 3.35. The Morgan fingerprint density at radius 2 is 2.00 bits per heavy atom. The van der Waals surface area contributed by atoms with Gasteiger partial charge in [-0.05, 0) is 13.8 Å². The summed E-state index contributed by atoms with van der Waals surface area (Å²) < 4.78 is 35.3. The van der Waals surface area contributed by atoms with Gasteiger partial charge in [-0.25, -0.2) is 0 Å². The van der Waals surface area contributed by atoms with Crippen molar-refractivity contribution in [2.45, 2.75) is 20.0 Å². The molecular weight excluding hydrogens is 159 g/mol. The maximum atomic E-state index is 11.8. The predicted octanol–water partition coefficient (Wildman–Crippen LogP) is 1.32. The quantitative estimate of drug-likeness (QED) is 0.663. The van der Waals surface area contributed by atoms with Gasteiger partial charge in [-0.2, -0.15) is 13.2 Å². The largest absolute Gasteiger partial charge is 0.400 e. The van der Waals surface area contributed by atoms with Crippen molar-refractivity contribution in [3.8, 4) is 0 Å². The van der Waals surface area contributed by atoms with E-state index in [1.165, 1.54) is 0 Å². The first-order valence-electron chi connectivity index (χ1n) is 3.24. The number of carbonyl (C=O) groups is 1. The third-order valence-electron chi connectivity index (χ3n) is 1.24. The summed E-state index contributed by atoms with van der Waals surface area (Å²) >= 11 is 0. The number of amides is 1. The van der Waals surface area contributed by atoms with E-state index in [1.54, 1.807) is 6.92 Å². The molecule has 0 aliphatic heterocycles. The van der Waals surface area contributed by atoms with Crippen LogP contribution in [0, 0.1) is 5.92 Å². The van der Waals surface area contributed by atoms with Crippen molar-refractivity contribution in [2.24, 2.45) is 5.92 Å². The molecule has 1 atom stereocenters. The average Bonchev–Trinajstić information content (AvgIpc) is 1.85. The number of nitrogens with one attached hydrogen (secondary N) is 1. The zero-order chi connectivity index (χ0) is 9.07. The first kappa shape index (κ1) is 10.3. The first-order chi connectivity index (χ1) is 4.89. The third kappa shape index (κ3) is 3.25. The zero-order valence-corrected chi connectivity index (χ0v) is 6.33. The van der Waals surface area contributed by atoms with E-state index in [0.29, 0.717) is 0 Å². The minimum absolute atomic E-state index is 0.221. The lowest BCUT2D eigenvalue weighted by Crippen LogP contribution is -2.37. The van der Waals surface area contributed by atoms with Gasteiger partial charge in [0.15, 0.2) is 0 Å². The van der Waals surface area contributed by atoms with E-state index in [1.807, 2.05) is 0 Å². The fourth-order valence-electron chi connectivity index (χ4n) is 0.476. The van der Waals surface area contributed by atoms with Gasteiger partial charge in [-0.1, -0.05) is 0 Å². The molecule has 0 heterocycles. The van der Waals surface area contributed by atoms with Crippen molar-refractivity contribution >= 4 is 5.91 Å². The lowest BCUT2D eigenvalue weighted by Gasteiger charge is -2.13. The Labute approximate surface area is 62.8 Å². The maximum Gasteiger partial charge on any atom is 0.400 e. The van der Waals surface area contributed by atoms with Gasteiger partial charge in [0.2, 0.25) is 5.91 Å². The maximum absolute atomic E-state index is 11.8. The molecule has 0 radical (unpaired) electrons. The van der Waals surface area contributed by atoms with Crippen LogP contribution >= 0.6 is 0 Å². The highest BCUT2D eigenvalue weighted by atomic mass is 19.4. The zero-order valence-electron chi connectivity index (χ0n) is 6.33. The van der Waals surface area contributed by atoms with E-state index in [-0.39, 0.29) is 6.54 Å². The first-order valence-corrected chi connectivity index (χ1v) is 3.24. The molecule has 0 aromatic heterocycles. The monoisotopic (exact) mass is 169 g/mol. The van der Waals surface area contributed by atoms with Crippen LogP contribution in [-0.4, -0.2) is 18.6 Å². The lowest BCUT2D eigenvalue weighted by molar-refractivity contribution is -0.178. The van der Waals surface area contributed by atoms with Crippen LogP contribution in [0.5, 0.6) is 0 Å². The van der Waals surface area contributed by atoms with Crippen LogP contribution < -0.4 is 5.32 Å². The van der Waals surface area contributed by atoms with Crippen molar-refractivity contribution < 1.29 is 18.0 Å². The molecule has 0 aromatic rings. The SMILES string of the molecule is CCNC(=O)C(C)C(F)(F)F. The molecular formula is C6H10F3NO. The molecule has 0 spiro atoms. The molecule has 0 fully saturated rings. The fourth-order valence-corrected chi connectivity index (χ4v) is 0.476. The Hall–Kier alpha value is -0.740. The van der Waals surface area contributed by atoms with Gasteiger partial charge in [-0.3, -0.25) is 4.79 Å². The summed E-state index contributed by atoms with van der Waals surface area (Å²) in [7, 11) is 0. The van der Waals surface area contributed by atoms with Gasteiger partial charge >= 0.3 is 6.18 Å². The van der Waals surface area contributed by atoms with Crippen molar-refractivity contribution in [1.29, 1.82) is 0 Å². The van der Waals surface area contributed by atoms with Crippen molar-refractivity contribution in [3.63, 3.8) is 0 Å². The number of halogens is 3. The summed E-state index contributed by atoms with van der Waals surface area (Å²) in [5, 5.41) is 2.09. The fraction of sp³-hybridized carbons (Fsp3) is 0.833. The molecule has 2 nitrogen and oxygen atoms in total. The van der Waals surface area contributed by atoms with Crippen molar-refractivity contribution in [3.05, 3.63) is 0 Å².